The van der Waals surface area contributed by atoms with Gasteiger partial charge in [0.1, 0.15) is 6.10 Å². The summed E-state index contributed by atoms with van der Waals surface area (Å²) in [5, 5.41) is 9.07. The Bertz CT molecular complexity index is 116. The Morgan fingerprint density at radius 2 is 2.10 bits per heavy atom. The Morgan fingerprint density at radius 1 is 1.60 bits per heavy atom. The van der Waals surface area contributed by atoms with Crippen LogP contribution in [0.25, 0.3) is 0 Å². The molecule has 0 amide bonds. The van der Waals surface area contributed by atoms with E-state index >= 15 is 0 Å². The van der Waals surface area contributed by atoms with Gasteiger partial charge in [-0.1, -0.05) is 20.3 Å². The second-order valence-corrected chi connectivity index (χ2v) is 2.42. The van der Waals surface area contributed by atoms with Crippen LogP contribution < -0.4 is 0 Å². The van der Waals surface area contributed by atoms with E-state index < -0.39 is 5.09 Å². The van der Waals surface area contributed by atoms with Crippen LogP contribution in [0.5, 0.6) is 0 Å². The minimum atomic E-state index is -0.739. The molecule has 0 radical (unpaired) electrons. The summed E-state index contributed by atoms with van der Waals surface area (Å²) in [4.78, 5) is 14.1. The van der Waals surface area contributed by atoms with Crippen LogP contribution in [0.4, 0.5) is 0 Å². The van der Waals surface area contributed by atoms with Gasteiger partial charge >= 0.3 is 0 Å². The summed E-state index contributed by atoms with van der Waals surface area (Å²) in [5.41, 5.74) is 0. The highest BCUT2D eigenvalue weighted by molar-refractivity contribution is 4.55. The molecule has 0 saturated heterocycles. The van der Waals surface area contributed by atoms with Crippen LogP contribution in [0.15, 0.2) is 0 Å². The molecule has 4 nitrogen and oxygen atoms in total. The fourth-order valence-electron chi connectivity index (χ4n) is 0.572. The fraction of sp³-hybridized carbons (Fsp3) is 1.00. The lowest BCUT2D eigenvalue weighted by Crippen LogP contribution is -2.20. The van der Waals surface area contributed by atoms with Gasteiger partial charge in [0, 0.05) is 0 Å². The van der Waals surface area contributed by atoms with Gasteiger partial charge < -0.3 is 4.84 Å². The molecular formula is C6H13NO3. The van der Waals surface area contributed by atoms with E-state index in [1.807, 2.05) is 13.8 Å². The highest BCUT2D eigenvalue weighted by atomic mass is 17.0. The molecule has 0 aromatic carbocycles. The van der Waals surface area contributed by atoms with E-state index in [0.717, 1.165) is 6.42 Å². The molecule has 0 N–H and O–H groups in total. The number of rotatable bonds is 4. The third-order valence-electron chi connectivity index (χ3n) is 1.70. The van der Waals surface area contributed by atoms with E-state index in [1.165, 1.54) is 0 Å². The third kappa shape index (κ3) is 3.27. The van der Waals surface area contributed by atoms with Gasteiger partial charge in [-0.05, 0) is 12.8 Å². The Morgan fingerprint density at radius 3 is 2.40 bits per heavy atom. The van der Waals surface area contributed by atoms with Gasteiger partial charge in [0.15, 0.2) is 0 Å². The zero-order valence-corrected chi connectivity index (χ0v) is 6.53. The average molecular weight is 147 g/mol. The van der Waals surface area contributed by atoms with Crippen molar-refractivity contribution in [1.29, 1.82) is 0 Å². The van der Waals surface area contributed by atoms with Crippen LogP contribution in [0.1, 0.15) is 27.2 Å². The molecule has 0 unspecified atom stereocenters. The van der Waals surface area contributed by atoms with Gasteiger partial charge in [-0.15, -0.1) is 10.1 Å². The highest BCUT2D eigenvalue weighted by Crippen LogP contribution is 2.09. The summed E-state index contributed by atoms with van der Waals surface area (Å²) in [6, 6.07) is 0. The molecule has 0 aromatic heterocycles. The molecule has 4 heteroatoms. The summed E-state index contributed by atoms with van der Waals surface area (Å²) in [5.74, 6) is 0.241. The lowest BCUT2D eigenvalue weighted by Gasteiger charge is -2.14. The first-order valence-electron chi connectivity index (χ1n) is 3.39. The first-order chi connectivity index (χ1) is 4.57. The molecule has 0 aliphatic heterocycles. The molecule has 0 heterocycles. The predicted octanol–water partition coefficient (Wildman–Crippen LogP) is 1.63. The first kappa shape index (κ1) is 9.20. The van der Waals surface area contributed by atoms with Crippen molar-refractivity contribution in [3.8, 4) is 0 Å². The van der Waals surface area contributed by atoms with Gasteiger partial charge in [-0.2, -0.15) is 0 Å². The van der Waals surface area contributed by atoms with E-state index in [0.29, 0.717) is 0 Å². The summed E-state index contributed by atoms with van der Waals surface area (Å²) in [6.07, 6.45) is 0.606. The van der Waals surface area contributed by atoms with Gasteiger partial charge in [0.2, 0.25) is 0 Å². The van der Waals surface area contributed by atoms with E-state index in [-0.39, 0.29) is 12.0 Å². The first-order valence-corrected chi connectivity index (χ1v) is 3.39. The monoisotopic (exact) mass is 147 g/mol. The van der Waals surface area contributed by atoms with Crippen LogP contribution >= 0.6 is 0 Å². The average Bonchev–Trinajstić information content (AvgIpc) is 1.85. The van der Waals surface area contributed by atoms with Gasteiger partial charge in [-0.3, -0.25) is 0 Å². The maximum absolute atomic E-state index is 9.81. The van der Waals surface area contributed by atoms with Gasteiger partial charge in [0.05, 0.1) is 0 Å². The van der Waals surface area contributed by atoms with Crippen LogP contribution in [0.3, 0.4) is 0 Å². The number of nitrogens with zero attached hydrogens (tertiary/aromatic N) is 1. The molecule has 0 bridgehead atoms. The maximum atomic E-state index is 9.81. The molecule has 0 spiro atoms. The van der Waals surface area contributed by atoms with Crippen molar-refractivity contribution in [2.75, 3.05) is 0 Å². The van der Waals surface area contributed by atoms with E-state index in [9.17, 15) is 10.1 Å². The van der Waals surface area contributed by atoms with Crippen LogP contribution in [0.2, 0.25) is 0 Å². The summed E-state index contributed by atoms with van der Waals surface area (Å²) in [6.45, 7) is 5.61. The van der Waals surface area contributed by atoms with Crippen molar-refractivity contribution >= 4 is 0 Å². The van der Waals surface area contributed by atoms with Crippen LogP contribution in [0, 0.1) is 16.0 Å². The molecule has 0 fully saturated rings. The van der Waals surface area contributed by atoms with Crippen molar-refractivity contribution in [3.63, 3.8) is 0 Å². The normalized spacial score (nSPS) is 15.9. The highest BCUT2D eigenvalue weighted by Gasteiger charge is 2.13. The lowest BCUT2D eigenvalue weighted by molar-refractivity contribution is -0.769. The maximum Gasteiger partial charge on any atom is 0.294 e. The van der Waals surface area contributed by atoms with Gasteiger partial charge in [-0.25, -0.2) is 0 Å². The smallest absolute Gasteiger partial charge is 0.294 e. The second kappa shape index (κ2) is 4.09. The van der Waals surface area contributed by atoms with Crippen molar-refractivity contribution in [1.82, 2.24) is 0 Å². The molecule has 2 atom stereocenters. The summed E-state index contributed by atoms with van der Waals surface area (Å²) in [7, 11) is 0. The topological polar surface area (TPSA) is 52.4 Å². The fourth-order valence-corrected chi connectivity index (χ4v) is 0.572. The van der Waals surface area contributed by atoms with E-state index in [1.54, 1.807) is 6.92 Å². The quantitative estimate of drug-likeness (QED) is 0.448. The molecule has 0 aliphatic rings. The molecule has 10 heavy (non-hydrogen) atoms. The SMILES string of the molecule is CC[C@H](C)[C@@H](C)O[N+](=O)[O-]. The van der Waals surface area contributed by atoms with Crippen LogP contribution in [-0.2, 0) is 4.84 Å². The molecule has 60 valence electrons. The third-order valence-corrected chi connectivity index (χ3v) is 1.70. The predicted molar refractivity (Wildman–Crippen MR) is 37.0 cm³/mol. The van der Waals surface area contributed by atoms with Crippen molar-refractivity contribution in [2.24, 2.45) is 5.92 Å². The van der Waals surface area contributed by atoms with Crippen molar-refractivity contribution in [3.05, 3.63) is 10.1 Å². The zero-order chi connectivity index (χ0) is 8.15. The largest absolute Gasteiger partial charge is 0.311 e. The Balaban J connectivity index is 3.61. The second-order valence-electron chi connectivity index (χ2n) is 2.42. The molecule has 0 aromatic rings. The van der Waals surface area contributed by atoms with E-state index in [4.69, 9.17) is 0 Å². The summed E-state index contributed by atoms with van der Waals surface area (Å²) < 4.78 is 0. The Labute approximate surface area is 60.3 Å². The zero-order valence-electron chi connectivity index (χ0n) is 6.53. The Kier molecular flexibility index (Phi) is 3.76. The van der Waals surface area contributed by atoms with E-state index in [2.05, 4.69) is 4.84 Å². The summed E-state index contributed by atoms with van der Waals surface area (Å²) >= 11 is 0. The minimum Gasteiger partial charge on any atom is -0.311 e. The number of hydrogen-bond acceptors (Lipinski definition) is 3. The van der Waals surface area contributed by atoms with Gasteiger partial charge in [0.25, 0.3) is 5.09 Å². The molecule has 0 rings (SSSR count). The molecule has 0 saturated carbocycles. The molecule has 0 aliphatic carbocycles. The molecular weight excluding hydrogens is 134 g/mol. The van der Waals surface area contributed by atoms with Crippen molar-refractivity contribution < 1.29 is 9.92 Å². The minimum absolute atomic E-state index is 0.241. The number of hydrogen-bond donors (Lipinski definition) is 0. The van der Waals surface area contributed by atoms with Crippen LogP contribution in [-0.4, -0.2) is 11.2 Å². The standard InChI is InChI=1S/C6H13NO3/c1-4-5(2)6(3)10-7(8)9/h5-6H,4H2,1-3H3/t5-,6+/m0/s1. The lowest BCUT2D eigenvalue weighted by atomic mass is 10.0. The Hall–Kier alpha value is -0.800. The van der Waals surface area contributed by atoms with Crippen molar-refractivity contribution in [2.45, 2.75) is 33.3 Å².